The summed E-state index contributed by atoms with van der Waals surface area (Å²) in [5, 5.41) is 0. The molecule has 0 bridgehead atoms. The molecule has 84 valence electrons. The Morgan fingerprint density at radius 1 is 1.36 bits per heavy atom. The molecule has 0 amide bonds. The largest absolute Gasteiger partial charge is 0.324 e. The van der Waals surface area contributed by atoms with Crippen LogP contribution in [-0.2, 0) is 4.79 Å². The number of rotatable bonds is 3. The van der Waals surface area contributed by atoms with Gasteiger partial charge in [-0.25, -0.2) is 0 Å². The molecule has 0 unspecified atom stereocenters. The molecule has 0 aromatic rings. The summed E-state index contributed by atoms with van der Waals surface area (Å²) in [6.45, 7) is 9.19. The minimum Gasteiger partial charge on any atom is -0.324 e. The maximum Gasteiger partial charge on any atom is 0.146 e. The maximum absolute atomic E-state index is 10.1. The highest BCUT2D eigenvalue weighted by molar-refractivity contribution is 5.79. The Morgan fingerprint density at radius 3 is 2.00 bits per heavy atom. The molecule has 1 aliphatic rings. The first-order valence-corrected chi connectivity index (χ1v) is 5.57. The van der Waals surface area contributed by atoms with Crippen LogP contribution in [0.25, 0.3) is 0 Å². The standard InChI is InChI=1S/C7H15N.C4H9NO/c1-7(2)8-5-3-4-6-8;1-2-4(6)3-5/h7H,3-6H2,1-2H3;2-3,5H2,1H3. The van der Waals surface area contributed by atoms with Gasteiger partial charge in [0.1, 0.15) is 5.78 Å². The fourth-order valence-electron chi connectivity index (χ4n) is 1.40. The van der Waals surface area contributed by atoms with Crippen LogP contribution in [0.1, 0.15) is 40.0 Å². The smallest absolute Gasteiger partial charge is 0.146 e. The van der Waals surface area contributed by atoms with Gasteiger partial charge < -0.3 is 10.6 Å². The minimum absolute atomic E-state index is 0.120. The number of carbonyl (C=O) groups is 1. The average Bonchev–Trinajstić information content (AvgIpc) is 2.70. The number of likely N-dealkylation sites (tertiary alicyclic amines) is 1. The summed E-state index contributed by atoms with van der Waals surface area (Å²) in [5.41, 5.74) is 4.93. The number of carbonyl (C=O) groups excluding carboxylic acids is 1. The van der Waals surface area contributed by atoms with Crippen molar-refractivity contribution in [3.05, 3.63) is 0 Å². The van der Waals surface area contributed by atoms with Crippen LogP contribution in [0.15, 0.2) is 0 Å². The third-order valence-corrected chi connectivity index (χ3v) is 2.49. The van der Waals surface area contributed by atoms with E-state index in [1.54, 1.807) is 6.92 Å². The van der Waals surface area contributed by atoms with Crippen molar-refractivity contribution < 1.29 is 4.79 Å². The van der Waals surface area contributed by atoms with Crippen LogP contribution in [0.3, 0.4) is 0 Å². The van der Waals surface area contributed by atoms with Crippen molar-refractivity contribution in [3.63, 3.8) is 0 Å². The first-order chi connectivity index (χ1) is 6.61. The summed E-state index contributed by atoms with van der Waals surface area (Å²) in [6.07, 6.45) is 3.40. The summed E-state index contributed by atoms with van der Waals surface area (Å²) in [7, 11) is 0. The van der Waals surface area contributed by atoms with E-state index in [1.165, 1.54) is 25.9 Å². The van der Waals surface area contributed by atoms with Crippen molar-refractivity contribution in [2.45, 2.75) is 46.1 Å². The molecule has 3 nitrogen and oxygen atoms in total. The molecule has 1 aliphatic heterocycles. The molecule has 0 aromatic carbocycles. The monoisotopic (exact) mass is 200 g/mol. The lowest BCUT2D eigenvalue weighted by Crippen LogP contribution is -2.26. The number of nitrogens with two attached hydrogens (primary N) is 1. The van der Waals surface area contributed by atoms with Crippen LogP contribution in [0, 0.1) is 0 Å². The molecule has 1 saturated heterocycles. The Balaban J connectivity index is 0.000000255. The predicted octanol–water partition coefficient (Wildman–Crippen LogP) is 1.41. The van der Waals surface area contributed by atoms with Crippen molar-refractivity contribution in [1.29, 1.82) is 0 Å². The molecule has 1 fully saturated rings. The molecule has 0 saturated carbocycles. The molecule has 2 N–H and O–H groups in total. The Labute approximate surface area is 87.6 Å². The van der Waals surface area contributed by atoms with Crippen molar-refractivity contribution >= 4 is 5.78 Å². The van der Waals surface area contributed by atoms with Gasteiger partial charge in [0.2, 0.25) is 0 Å². The van der Waals surface area contributed by atoms with Gasteiger partial charge in [-0.2, -0.15) is 0 Å². The molecule has 3 heteroatoms. The van der Waals surface area contributed by atoms with Gasteiger partial charge in [-0.15, -0.1) is 0 Å². The Bertz CT molecular complexity index is 145. The highest BCUT2D eigenvalue weighted by Crippen LogP contribution is 2.09. The van der Waals surface area contributed by atoms with Gasteiger partial charge in [-0.3, -0.25) is 4.79 Å². The van der Waals surface area contributed by atoms with Crippen LogP contribution in [0.2, 0.25) is 0 Å². The Hall–Kier alpha value is -0.410. The lowest BCUT2D eigenvalue weighted by atomic mass is 10.3. The first kappa shape index (κ1) is 13.6. The van der Waals surface area contributed by atoms with E-state index in [0.29, 0.717) is 6.42 Å². The van der Waals surface area contributed by atoms with Crippen LogP contribution < -0.4 is 5.73 Å². The molecule has 0 radical (unpaired) electrons. The van der Waals surface area contributed by atoms with E-state index in [0.717, 1.165) is 6.04 Å². The number of hydrogen-bond acceptors (Lipinski definition) is 3. The lowest BCUT2D eigenvalue weighted by Gasteiger charge is -2.18. The summed E-state index contributed by atoms with van der Waals surface area (Å²) in [4.78, 5) is 12.6. The molecular formula is C11H24N2O. The molecule has 0 atom stereocenters. The van der Waals surface area contributed by atoms with E-state index in [9.17, 15) is 4.79 Å². The number of ketones is 1. The molecule has 0 aromatic heterocycles. The van der Waals surface area contributed by atoms with Gasteiger partial charge in [0, 0.05) is 12.5 Å². The zero-order valence-electron chi connectivity index (χ0n) is 9.75. The molecular weight excluding hydrogens is 176 g/mol. The first-order valence-electron chi connectivity index (χ1n) is 5.57. The van der Waals surface area contributed by atoms with E-state index in [-0.39, 0.29) is 12.3 Å². The van der Waals surface area contributed by atoms with Crippen LogP contribution in [-0.4, -0.2) is 36.4 Å². The SMILES string of the molecule is CC(C)N1CCCC1.CCC(=O)CN. The normalized spacial score (nSPS) is 16.6. The summed E-state index contributed by atoms with van der Waals surface area (Å²) in [6, 6.07) is 0.775. The number of Topliss-reactive ketones (excluding diaryl/α,β-unsaturated/α-hetero) is 1. The van der Waals surface area contributed by atoms with Crippen molar-refractivity contribution in [3.8, 4) is 0 Å². The molecule has 1 rings (SSSR count). The summed E-state index contributed by atoms with van der Waals surface area (Å²) >= 11 is 0. The maximum atomic E-state index is 10.1. The van der Waals surface area contributed by atoms with E-state index in [1.807, 2.05) is 0 Å². The molecule has 14 heavy (non-hydrogen) atoms. The summed E-state index contributed by atoms with van der Waals surface area (Å²) in [5.74, 6) is 0.120. The highest BCUT2D eigenvalue weighted by atomic mass is 16.1. The van der Waals surface area contributed by atoms with Gasteiger partial charge in [0.25, 0.3) is 0 Å². The quantitative estimate of drug-likeness (QED) is 0.749. The molecule has 0 spiro atoms. The Morgan fingerprint density at radius 2 is 1.86 bits per heavy atom. The fourth-order valence-corrected chi connectivity index (χ4v) is 1.40. The van der Waals surface area contributed by atoms with Crippen LogP contribution in [0.5, 0.6) is 0 Å². The zero-order chi connectivity index (χ0) is 11.0. The number of nitrogens with zero attached hydrogens (tertiary/aromatic N) is 1. The molecule has 1 heterocycles. The second kappa shape index (κ2) is 7.94. The zero-order valence-corrected chi connectivity index (χ0v) is 9.75. The van der Waals surface area contributed by atoms with Gasteiger partial charge in [-0.1, -0.05) is 6.92 Å². The van der Waals surface area contributed by atoms with Crippen LogP contribution >= 0.6 is 0 Å². The topological polar surface area (TPSA) is 46.3 Å². The molecule has 0 aliphatic carbocycles. The van der Waals surface area contributed by atoms with Crippen LogP contribution in [0.4, 0.5) is 0 Å². The minimum atomic E-state index is 0.120. The van der Waals surface area contributed by atoms with Gasteiger partial charge in [-0.05, 0) is 39.8 Å². The third kappa shape index (κ3) is 6.11. The van der Waals surface area contributed by atoms with E-state index in [4.69, 9.17) is 5.73 Å². The second-order valence-electron chi connectivity index (χ2n) is 3.93. The van der Waals surface area contributed by atoms with E-state index in [2.05, 4.69) is 18.7 Å². The number of hydrogen-bond donors (Lipinski definition) is 1. The third-order valence-electron chi connectivity index (χ3n) is 2.49. The highest BCUT2D eigenvalue weighted by Gasteiger charge is 2.13. The average molecular weight is 200 g/mol. The van der Waals surface area contributed by atoms with E-state index >= 15 is 0 Å². The van der Waals surface area contributed by atoms with Gasteiger partial charge in [0.05, 0.1) is 6.54 Å². The fraction of sp³-hybridized carbons (Fsp3) is 0.909. The Kier molecular flexibility index (Phi) is 7.71. The van der Waals surface area contributed by atoms with E-state index < -0.39 is 0 Å². The van der Waals surface area contributed by atoms with Gasteiger partial charge in [0.15, 0.2) is 0 Å². The van der Waals surface area contributed by atoms with Crippen molar-refractivity contribution in [1.82, 2.24) is 4.90 Å². The lowest BCUT2D eigenvalue weighted by molar-refractivity contribution is -0.117. The summed E-state index contributed by atoms with van der Waals surface area (Å²) < 4.78 is 0. The second-order valence-corrected chi connectivity index (χ2v) is 3.93. The van der Waals surface area contributed by atoms with Crippen molar-refractivity contribution in [2.24, 2.45) is 5.73 Å². The van der Waals surface area contributed by atoms with Gasteiger partial charge >= 0.3 is 0 Å². The predicted molar refractivity (Wildman–Crippen MR) is 60.3 cm³/mol. The van der Waals surface area contributed by atoms with Crippen molar-refractivity contribution in [2.75, 3.05) is 19.6 Å².